The van der Waals surface area contributed by atoms with Gasteiger partial charge in [0.25, 0.3) is 10.2 Å². The average Bonchev–Trinajstić information content (AvgIpc) is 2.40. The minimum atomic E-state index is -3.59. The monoisotopic (exact) mass is 300 g/mol. The molecule has 6 nitrogen and oxygen atoms in total. The van der Waals surface area contributed by atoms with Crippen molar-refractivity contribution < 1.29 is 17.9 Å². The van der Waals surface area contributed by atoms with Crippen LogP contribution >= 0.6 is 0 Å². The van der Waals surface area contributed by atoms with Crippen molar-refractivity contribution in [2.45, 2.75) is 19.9 Å². The predicted octanol–water partition coefficient (Wildman–Crippen LogP) is 0.906. The quantitative estimate of drug-likeness (QED) is 0.724. The van der Waals surface area contributed by atoms with Gasteiger partial charge in [0.1, 0.15) is 0 Å². The van der Waals surface area contributed by atoms with Crippen LogP contribution in [-0.2, 0) is 26.3 Å². The third kappa shape index (κ3) is 5.68. The Kier molecular flexibility index (Phi) is 6.63. The largest absolute Gasteiger partial charge is 0.466 e. The Morgan fingerprint density at radius 2 is 1.95 bits per heavy atom. The molecule has 0 aliphatic carbocycles. The van der Waals surface area contributed by atoms with Gasteiger partial charge in [-0.05, 0) is 12.5 Å². The van der Waals surface area contributed by atoms with Crippen LogP contribution in [0.1, 0.15) is 18.9 Å². The first kappa shape index (κ1) is 16.6. The van der Waals surface area contributed by atoms with E-state index in [0.29, 0.717) is 6.61 Å². The highest BCUT2D eigenvalue weighted by atomic mass is 32.2. The molecule has 0 amide bonds. The molecular formula is C13H20N2O4S. The van der Waals surface area contributed by atoms with E-state index < -0.39 is 16.2 Å². The van der Waals surface area contributed by atoms with E-state index in [1.165, 1.54) is 11.4 Å². The molecular weight excluding hydrogens is 280 g/mol. The molecule has 7 heteroatoms. The first-order valence-electron chi connectivity index (χ1n) is 6.36. The number of ether oxygens (including phenoxy) is 1. The maximum Gasteiger partial charge on any atom is 0.307 e. The molecule has 1 rings (SSSR count). The van der Waals surface area contributed by atoms with Crippen LogP contribution in [0.15, 0.2) is 30.3 Å². The number of nitrogens with zero attached hydrogens (tertiary/aromatic N) is 1. The highest BCUT2D eigenvalue weighted by Gasteiger charge is 2.17. The van der Waals surface area contributed by atoms with Gasteiger partial charge in [0.15, 0.2) is 0 Å². The molecule has 0 saturated carbocycles. The van der Waals surface area contributed by atoms with Gasteiger partial charge in [-0.2, -0.15) is 12.7 Å². The van der Waals surface area contributed by atoms with Crippen LogP contribution in [-0.4, -0.2) is 38.9 Å². The lowest BCUT2D eigenvalue weighted by Gasteiger charge is -2.17. The number of hydrogen-bond donors (Lipinski definition) is 1. The van der Waals surface area contributed by atoms with Crippen molar-refractivity contribution in [1.82, 2.24) is 9.03 Å². The van der Waals surface area contributed by atoms with E-state index in [0.717, 1.165) is 5.56 Å². The van der Waals surface area contributed by atoms with Crippen LogP contribution in [0.5, 0.6) is 0 Å². The number of carbonyl (C=O) groups excluding carboxylic acids is 1. The lowest BCUT2D eigenvalue weighted by atomic mass is 10.2. The zero-order chi connectivity index (χ0) is 15.0. The summed E-state index contributed by atoms with van der Waals surface area (Å²) in [7, 11) is -2.11. The smallest absolute Gasteiger partial charge is 0.307 e. The van der Waals surface area contributed by atoms with Crippen LogP contribution in [0.3, 0.4) is 0 Å². The zero-order valence-corrected chi connectivity index (χ0v) is 12.5. The van der Waals surface area contributed by atoms with Crippen molar-refractivity contribution in [3.05, 3.63) is 35.9 Å². The van der Waals surface area contributed by atoms with E-state index in [2.05, 4.69) is 4.72 Å². The summed E-state index contributed by atoms with van der Waals surface area (Å²) in [5.41, 5.74) is 0.894. The summed E-state index contributed by atoms with van der Waals surface area (Å²) in [4.78, 5) is 11.1. The normalized spacial score (nSPS) is 11.6. The van der Waals surface area contributed by atoms with Gasteiger partial charge in [-0.15, -0.1) is 0 Å². The Morgan fingerprint density at radius 3 is 2.55 bits per heavy atom. The highest BCUT2D eigenvalue weighted by molar-refractivity contribution is 7.87. The Bertz CT molecular complexity index is 516. The molecule has 1 aromatic rings. The number of hydrogen-bond acceptors (Lipinski definition) is 4. The summed E-state index contributed by atoms with van der Waals surface area (Å²) < 4.78 is 32.2. The summed E-state index contributed by atoms with van der Waals surface area (Å²) in [5.74, 6) is -0.416. The van der Waals surface area contributed by atoms with Crippen LogP contribution in [0.4, 0.5) is 0 Å². The Balaban J connectivity index is 2.45. The van der Waals surface area contributed by atoms with Gasteiger partial charge in [0.2, 0.25) is 0 Å². The molecule has 0 saturated heterocycles. The summed E-state index contributed by atoms with van der Waals surface area (Å²) in [6, 6.07) is 9.28. The van der Waals surface area contributed by atoms with E-state index in [4.69, 9.17) is 4.74 Å². The van der Waals surface area contributed by atoms with Gasteiger partial charge in [-0.25, -0.2) is 4.72 Å². The number of nitrogens with one attached hydrogen (secondary N) is 1. The summed E-state index contributed by atoms with van der Waals surface area (Å²) in [6.45, 7) is 2.30. The molecule has 0 unspecified atom stereocenters. The van der Waals surface area contributed by atoms with E-state index in [1.807, 2.05) is 30.3 Å². The van der Waals surface area contributed by atoms with Crippen molar-refractivity contribution in [2.24, 2.45) is 0 Å². The Labute approximate surface area is 119 Å². The molecule has 0 heterocycles. The third-order valence-electron chi connectivity index (χ3n) is 2.58. The van der Waals surface area contributed by atoms with Gasteiger partial charge in [0.05, 0.1) is 13.0 Å². The van der Waals surface area contributed by atoms with Gasteiger partial charge < -0.3 is 4.74 Å². The molecule has 20 heavy (non-hydrogen) atoms. The van der Waals surface area contributed by atoms with Crippen LogP contribution in [0.25, 0.3) is 0 Å². The molecule has 0 fully saturated rings. The molecule has 0 atom stereocenters. The van der Waals surface area contributed by atoms with Crippen molar-refractivity contribution >= 4 is 16.2 Å². The molecule has 0 bridgehead atoms. The SMILES string of the molecule is CCOC(=O)CCNS(=O)(=O)N(C)Cc1ccccc1. The van der Waals surface area contributed by atoms with Gasteiger partial charge in [-0.1, -0.05) is 30.3 Å². The summed E-state index contributed by atoms with van der Waals surface area (Å²) in [6.07, 6.45) is 0.0201. The molecule has 0 aliphatic rings. The fourth-order valence-corrected chi connectivity index (χ4v) is 2.45. The Morgan fingerprint density at radius 1 is 1.30 bits per heavy atom. The van der Waals surface area contributed by atoms with Gasteiger partial charge in [-0.3, -0.25) is 4.79 Å². The van der Waals surface area contributed by atoms with Gasteiger partial charge >= 0.3 is 5.97 Å². The average molecular weight is 300 g/mol. The molecule has 0 radical (unpaired) electrons. The second-order valence-corrected chi connectivity index (χ2v) is 6.06. The maximum atomic E-state index is 11.9. The van der Waals surface area contributed by atoms with E-state index >= 15 is 0 Å². The standard InChI is InChI=1S/C13H20N2O4S/c1-3-19-13(16)9-10-14-20(17,18)15(2)11-12-7-5-4-6-8-12/h4-8,14H,3,9-11H2,1-2H3. The molecule has 1 N–H and O–H groups in total. The predicted molar refractivity (Wildman–Crippen MR) is 76.1 cm³/mol. The summed E-state index contributed by atoms with van der Waals surface area (Å²) in [5, 5.41) is 0. The van der Waals surface area contributed by atoms with Crippen LogP contribution in [0.2, 0.25) is 0 Å². The second kappa shape index (κ2) is 7.98. The first-order valence-corrected chi connectivity index (χ1v) is 7.80. The molecule has 0 aliphatic heterocycles. The minimum Gasteiger partial charge on any atom is -0.466 e. The van der Waals surface area contributed by atoms with Gasteiger partial charge in [0, 0.05) is 20.1 Å². The van der Waals surface area contributed by atoms with E-state index in [-0.39, 0.29) is 19.5 Å². The maximum absolute atomic E-state index is 11.9. The lowest BCUT2D eigenvalue weighted by Crippen LogP contribution is -2.38. The molecule has 112 valence electrons. The number of benzene rings is 1. The summed E-state index contributed by atoms with van der Waals surface area (Å²) >= 11 is 0. The van der Waals surface area contributed by atoms with Crippen molar-refractivity contribution in [3.63, 3.8) is 0 Å². The first-order chi connectivity index (χ1) is 9.45. The minimum absolute atomic E-state index is 0.0201. The lowest BCUT2D eigenvalue weighted by molar-refractivity contribution is -0.142. The topological polar surface area (TPSA) is 75.7 Å². The van der Waals surface area contributed by atoms with Crippen molar-refractivity contribution in [3.8, 4) is 0 Å². The fraction of sp³-hybridized carbons (Fsp3) is 0.462. The highest BCUT2D eigenvalue weighted by Crippen LogP contribution is 2.05. The van der Waals surface area contributed by atoms with E-state index in [9.17, 15) is 13.2 Å². The van der Waals surface area contributed by atoms with Crippen LogP contribution < -0.4 is 4.72 Å². The zero-order valence-electron chi connectivity index (χ0n) is 11.7. The Hall–Kier alpha value is -1.44. The van der Waals surface area contributed by atoms with Crippen molar-refractivity contribution in [2.75, 3.05) is 20.2 Å². The molecule has 0 aromatic heterocycles. The molecule has 0 spiro atoms. The fourth-order valence-electron chi connectivity index (χ4n) is 1.55. The van der Waals surface area contributed by atoms with Crippen LogP contribution in [0, 0.1) is 0 Å². The number of esters is 1. The molecule has 1 aromatic carbocycles. The number of rotatable bonds is 8. The number of carbonyl (C=O) groups is 1. The third-order valence-corrected chi connectivity index (χ3v) is 4.10. The second-order valence-electron chi connectivity index (χ2n) is 4.20. The van der Waals surface area contributed by atoms with Crippen molar-refractivity contribution in [1.29, 1.82) is 0 Å². The van der Waals surface area contributed by atoms with E-state index in [1.54, 1.807) is 6.92 Å².